The van der Waals surface area contributed by atoms with Gasteiger partial charge in [0.15, 0.2) is 0 Å². The van der Waals surface area contributed by atoms with Gasteiger partial charge in [0.2, 0.25) is 0 Å². The Morgan fingerprint density at radius 2 is 2.17 bits per heavy atom. The van der Waals surface area contributed by atoms with Crippen LogP contribution >= 0.6 is 12.6 Å². The number of hydrogen-bond acceptors (Lipinski definition) is 1. The van der Waals surface area contributed by atoms with Crippen molar-refractivity contribution in [1.82, 2.24) is 0 Å². The van der Waals surface area contributed by atoms with Crippen LogP contribution in [-0.2, 0) is 0 Å². The fourth-order valence-corrected chi connectivity index (χ4v) is 1.35. The van der Waals surface area contributed by atoms with Crippen molar-refractivity contribution in [2.75, 3.05) is 5.75 Å². The minimum absolute atomic E-state index is 0.484. The van der Waals surface area contributed by atoms with Crippen molar-refractivity contribution in [3.05, 3.63) is 23.3 Å². The number of rotatable bonds is 3. The topological polar surface area (TPSA) is 0 Å². The summed E-state index contributed by atoms with van der Waals surface area (Å²) >= 11 is 4.14. The molecule has 0 N–H and O–H groups in total. The molecule has 0 unspecified atom stereocenters. The summed E-state index contributed by atoms with van der Waals surface area (Å²) in [6.45, 7) is 6.34. The third kappa shape index (κ3) is 3.69. The highest BCUT2D eigenvalue weighted by Gasteiger charge is 2.03. The number of allylic oxidation sites excluding steroid dienone is 3. The first-order chi connectivity index (χ1) is 5.63. The zero-order chi connectivity index (χ0) is 9.56. The molecule has 0 aromatic rings. The Bertz CT molecular complexity index is 226. The molecule has 0 amide bonds. The summed E-state index contributed by atoms with van der Waals surface area (Å²) < 4.78 is 0. The van der Waals surface area contributed by atoms with E-state index in [0.717, 1.165) is 5.75 Å². The fraction of sp³-hybridized carbons (Fsp3) is 0.455. The van der Waals surface area contributed by atoms with Crippen LogP contribution in [0.1, 0.15) is 20.8 Å². The third-order valence-corrected chi connectivity index (χ3v) is 1.90. The molecule has 0 fully saturated rings. The van der Waals surface area contributed by atoms with Crippen molar-refractivity contribution < 1.29 is 0 Å². The lowest BCUT2D eigenvalue weighted by atomic mass is 9.96. The molecule has 0 aliphatic rings. The van der Waals surface area contributed by atoms with E-state index in [1.807, 2.05) is 6.08 Å². The van der Waals surface area contributed by atoms with E-state index in [9.17, 15) is 0 Å². The Morgan fingerprint density at radius 3 is 2.50 bits per heavy atom. The lowest BCUT2D eigenvalue weighted by Gasteiger charge is -2.10. The van der Waals surface area contributed by atoms with E-state index < -0.39 is 0 Å². The maximum atomic E-state index is 5.23. The molecule has 0 aromatic heterocycles. The number of terminal acetylenes is 1. The smallest absolute Gasteiger partial charge is 0.00883 e. The summed E-state index contributed by atoms with van der Waals surface area (Å²) in [6, 6.07) is 0. The Hall–Kier alpha value is -0.610. The Kier molecular flexibility index (Phi) is 5.66. The Balaban J connectivity index is 4.67. The van der Waals surface area contributed by atoms with E-state index in [-0.39, 0.29) is 0 Å². The van der Waals surface area contributed by atoms with Crippen LogP contribution < -0.4 is 0 Å². The van der Waals surface area contributed by atoms with Gasteiger partial charge in [0, 0.05) is 5.75 Å². The highest BCUT2D eigenvalue weighted by atomic mass is 32.1. The summed E-state index contributed by atoms with van der Waals surface area (Å²) in [5.74, 6) is 3.81. The van der Waals surface area contributed by atoms with Crippen molar-refractivity contribution in [1.29, 1.82) is 0 Å². The standard InChI is InChI=1S/C11H16S/c1-5-6-11(9(2)3)10(4)7-8-12/h1,6-7,9,12H,8H2,2-4H3/b10-7-,11-6-. The first-order valence-electron chi connectivity index (χ1n) is 4.07. The molecule has 0 aliphatic heterocycles. The van der Waals surface area contributed by atoms with Gasteiger partial charge in [-0.05, 0) is 24.5 Å². The van der Waals surface area contributed by atoms with Gasteiger partial charge in [-0.15, -0.1) is 6.42 Å². The summed E-state index contributed by atoms with van der Waals surface area (Å²) in [5.41, 5.74) is 2.46. The van der Waals surface area contributed by atoms with Crippen LogP contribution in [-0.4, -0.2) is 5.75 Å². The van der Waals surface area contributed by atoms with Gasteiger partial charge in [-0.1, -0.05) is 31.4 Å². The average molecular weight is 180 g/mol. The molecule has 1 heteroatoms. The molecule has 66 valence electrons. The molecular formula is C11H16S. The van der Waals surface area contributed by atoms with Gasteiger partial charge in [-0.25, -0.2) is 0 Å². The molecule has 0 aromatic carbocycles. The Morgan fingerprint density at radius 1 is 1.58 bits per heavy atom. The predicted molar refractivity (Wildman–Crippen MR) is 59.4 cm³/mol. The van der Waals surface area contributed by atoms with Gasteiger partial charge >= 0.3 is 0 Å². The highest BCUT2D eigenvalue weighted by molar-refractivity contribution is 7.80. The van der Waals surface area contributed by atoms with E-state index in [1.165, 1.54) is 11.1 Å². The number of thiol groups is 1. The van der Waals surface area contributed by atoms with Crippen LogP contribution in [0.15, 0.2) is 23.3 Å². The first kappa shape index (κ1) is 11.4. The van der Waals surface area contributed by atoms with Crippen LogP contribution in [0, 0.1) is 18.3 Å². The quantitative estimate of drug-likeness (QED) is 0.385. The second-order valence-electron chi connectivity index (χ2n) is 2.99. The van der Waals surface area contributed by atoms with E-state index in [0.29, 0.717) is 5.92 Å². The fourth-order valence-electron chi connectivity index (χ4n) is 1.08. The average Bonchev–Trinajstić information content (AvgIpc) is 1.99. The molecule has 0 heterocycles. The van der Waals surface area contributed by atoms with Crippen molar-refractivity contribution in [3.63, 3.8) is 0 Å². The largest absolute Gasteiger partial charge is 0.175 e. The minimum atomic E-state index is 0.484. The molecule has 0 nitrogen and oxygen atoms in total. The van der Waals surface area contributed by atoms with Crippen LogP contribution in [0.2, 0.25) is 0 Å². The molecule has 0 aliphatic carbocycles. The van der Waals surface area contributed by atoms with Crippen LogP contribution in [0.5, 0.6) is 0 Å². The lowest BCUT2D eigenvalue weighted by Crippen LogP contribution is -1.95. The van der Waals surface area contributed by atoms with Crippen molar-refractivity contribution in [2.45, 2.75) is 20.8 Å². The first-order valence-corrected chi connectivity index (χ1v) is 4.71. The molecule has 0 bridgehead atoms. The Labute approximate surface area is 81.2 Å². The second-order valence-corrected chi connectivity index (χ2v) is 3.36. The molecule has 0 rings (SSSR count). The maximum Gasteiger partial charge on any atom is 0.00883 e. The van der Waals surface area contributed by atoms with Gasteiger partial charge in [-0.2, -0.15) is 12.6 Å². The van der Waals surface area contributed by atoms with E-state index in [2.05, 4.69) is 45.4 Å². The molecule has 0 saturated heterocycles. The summed E-state index contributed by atoms with van der Waals surface area (Å²) in [5, 5.41) is 0. The molecule has 0 radical (unpaired) electrons. The third-order valence-electron chi connectivity index (χ3n) is 1.71. The predicted octanol–water partition coefficient (Wildman–Crippen LogP) is 3.08. The lowest BCUT2D eigenvalue weighted by molar-refractivity contribution is 0.778. The van der Waals surface area contributed by atoms with Gasteiger partial charge in [0.05, 0.1) is 0 Å². The van der Waals surface area contributed by atoms with Crippen molar-refractivity contribution >= 4 is 12.6 Å². The van der Waals surface area contributed by atoms with Gasteiger partial charge < -0.3 is 0 Å². The highest BCUT2D eigenvalue weighted by Crippen LogP contribution is 2.18. The summed E-state index contributed by atoms with van der Waals surface area (Å²) in [7, 11) is 0. The normalized spacial score (nSPS) is 13.3. The maximum absolute atomic E-state index is 5.23. The number of hydrogen-bond donors (Lipinski definition) is 1. The molecule has 0 atom stereocenters. The van der Waals surface area contributed by atoms with Gasteiger partial charge in [-0.3, -0.25) is 0 Å². The zero-order valence-corrected chi connectivity index (χ0v) is 8.86. The monoisotopic (exact) mass is 180 g/mol. The van der Waals surface area contributed by atoms with Crippen molar-refractivity contribution in [3.8, 4) is 12.3 Å². The second kappa shape index (κ2) is 5.97. The minimum Gasteiger partial charge on any atom is -0.175 e. The molecule has 0 spiro atoms. The van der Waals surface area contributed by atoms with E-state index in [1.54, 1.807) is 0 Å². The molecule has 0 saturated carbocycles. The SMILES string of the molecule is C#C/C=C(\C(C)=C/CS)C(C)C. The molecular weight excluding hydrogens is 164 g/mol. The van der Waals surface area contributed by atoms with Gasteiger partial charge in [0.1, 0.15) is 0 Å². The van der Waals surface area contributed by atoms with Crippen LogP contribution in [0.4, 0.5) is 0 Å². The van der Waals surface area contributed by atoms with Gasteiger partial charge in [0.25, 0.3) is 0 Å². The molecule has 12 heavy (non-hydrogen) atoms. The summed E-state index contributed by atoms with van der Waals surface area (Å²) in [6.07, 6.45) is 9.14. The van der Waals surface area contributed by atoms with E-state index in [4.69, 9.17) is 6.42 Å². The van der Waals surface area contributed by atoms with Crippen LogP contribution in [0.3, 0.4) is 0 Å². The zero-order valence-electron chi connectivity index (χ0n) is 7.96. The van der Waals surface area contributed by atoms with Crippen LogP contribution in [0.25, 0.3) is 0 Å². The van der Waals surface area contributed by atoms with Crippen molar-refractivity contribution in [2.24, 2.45) is 5.92 Å². The summed E-state index contributed by atoms with van der Waals surface area (Å²) in [4.78, 5) is 0. The van der Waals surface area contributed by atoms with E-state index >= 15 is 0 Å².